The first-order chi connectivity index (χ1) is 13.5. The van der Waals surface area contributed by atoms with Crippen molar-refractivity contribution >= 4 is 23.0 Å². The van der Waals surface area contributed by atoms with Gasteiger partial charge in [0, 0.05) is 29.4 Å². The lowest BCUT2D eigenvalue weighted by molar-refractivity contribution is -0.113. The monoisotopic (exact) mass is 373 g/mol. The average Bonchev–Trinajstić information content (AvgIpc) is 3.08. The predicted octanol–water partition coefficient (Wildman–Crippen LogP) is 5.12. The maximum atomic E-state index is 11.0. The third-order valence-corrected chi connectivity index (χ3v) is 5.93. The van der Waals surface area contributed by atoms with Gasteiger partial charge in [0.25, 0.3) is 0 Å². The fourth-order valence-electron chi connectivity index (χ4n) is 4.58. The molecule has 28 heavy (non-hydrogen) atoms. The van der Waals surface area contributed by atoms with Gasteiger partial charge in [0.05, 0.1) is 0 Å². The van der Waals surface area contributed by atoms with Crippen molar-refractivity contribution in [3.63, 3.8) is 0 Å². The Morgan fingerprint density at radius 1 is 1.04 bits per heavy atom. The van der Waals surface area contributed by atoms with Crippen LogP contribution in [-0.4, -0.2) is 15.9 Å². The molecule has 4 rings (SSSR count). The van der Waals surface area contributed by atoms with E-state index in [1.54, 1.807) is 6.08 Å². The summed E-state index contributed by atoms with van der Waals surface area (Å²) in [5.41, 5.74) is 12.5. The van der Waals surface area contributed by atoms with Crippen molar-refractivity contribution in [2.24, 2.45) is 5.73 Å². The van der Waals surface area contributed by atoms with Gasteiger partial charge in [-0.15, -0.1) is 0 Å². The summed E-state index contributed by atoms with van der Waals surface area (Å²) in [6, 6.07) is 9.17. The van der Waals surface area contributed by atoms with E-state index < -0.39 is 5.91 Å². The van der Waals surface area contributed by atoms with Gasteiger partial charge in [0.15, 0.2) is 0 Å². The summed E-state index contributed by atoms with van der Waals surface area (Å²) in [6.07, 6.45) is 11.8. The van der Waals surface area contributed by atoms with E-state index in [2.05, 4.69) is 48.1 Å². The topological polar surface area (TPSA) is 71.8 Å². The van der Waals surface area contributed by atoms with Gasteiger partial charge < -0.3 is 10.7 Å². The predicted molar refractivity (Wildman–Crippen MR) is 114 cm³/mol. The zero-order chi connectivity index (χ0) is 19.7. The van der Waals surface area contributed by atoms with Crippen LogP contribution in [0.3, 0.4) is 0 Å². The van der Waals surface area contributed by atoms with Crippen molar-refractivity contribution in [3.8, 4) is 0 Å². The van der Waals surface area contributed by atoms with Crippen molar-refractivity contribution < 1.29 is 4.79 Å². The van der Waals surface area contributed by atoms with E-state index in [9.17, 15) is 4.79 Å². The van der Waals surface area contributed by atoms with Crippen LogP contribution in [0.25, 0.3) is 17.1 Å². The van der Waals surface area contributed by atoms with Gasteiger partial charge in [-0.3, -0.25) is 4.79 Å². The molecular weight excluding hydrogens is 346 g/mol. The zero-order valence-electron chi connectivity index (χ0n) is 16.5. The Morgan fingerprint density at radius 2 is 1.68 bits per heavy atom. The zero-order valence-corrected chi connectivity index (χ0v) is 16.5. The van der Waals surface area contributed by atoms with Crippen LogP contribution in [0.5, 0.6) is 0 Å². The first-order valence-electron chi connectivity index (χ1n) is 10.0. The lowest BCUT2D eigenvalue weighted by atomic mass is 9.76. The number of nitrogens with one attached hydrogen (secondary N) is 1. The highest BCUT2D eigenvalue weighted by Crippen LogP contribution is 2.41. The number of H-pyrrole nitrogens is 1. The van der Waals surface area contributed by atoms with Crippen LogP contribution in [0.1, 0.15) is 65.3 Å². The maximum absolute atomic E-state index is 11.0. The molecule has 3 N–H and O–H groups in total. The molecule has 0 saturated heterocycles. The number of hydrogen-bond acceptors (Lipinski definition) is 2. The summed E-state index contributed by atoms with van der Waals surface area (Å²) in [7, 11) is 0. The lowest BCUT2D eigenvalue weighted by Crippen LogP contribution is -2.12. The number of aromatic amines is 1. The minimum atomic E-state index is -0.442. The number of fused-ring (bicyclic) bond motifs is 1. The van der Waals surface area contributed by atoms with Crippen LogP contribution in [-0.2, 0) is 4.79 Å². The Labute approximate surface area is 165 Å². The average molecular weight is 374 g/mol. The second-order valence-electron chi connectivity index (χ2n) is 8.11. The van der Waals surface area contributed by atoms with E-state index in [4.69, 9.17) is 5.73 Å². The number of aryl methyl sites for hydroxylation is 2. The van der Waals surface area contributed by atoms with Gasteiger partial charge in [-0.05, 0) is 74.6 Å². The van der Waals surface area contributed by atoms with Crippen LogP contribution in [0.2, 0.25) is 0 Å². The molecule has 4 nitrogen and oxygen atoms in total. The normalized spacial score (nSPS) is 20.1. The Hall–Kier alpha value is -2.88. The van der Waals surface area contributed by atoms with Gasteiger partial charge in [0.2, 0.25) is 5.91 Å². The summed E-state index contributed by atoms with van der Waals surface area (Å²) in [6.45, 7) is 4.37. The van der Waals surface area contributed by atoms with Crippen LogP contribution >= 0.6 is 0 Å². The molecule has 4 heteroatoms. The van der Waals surface area contributed by atoms with Crippen molar-refractivity contribution in [2.75, 3.05) is 0 Å². The third-order valence-electron chi connectivity index (χ3n) is 5.93. The molecule has 0 spiro atoms. The number of nitrogens with two attached hydrogens (primary N) is 1. The minimum Gasteiger partial charge on any atom is -0.366 e. The SMILES string of the molecule is Cc1cc(C)cc(C2CCC(c3cnc4[nH]cc(/C=C/C(N)=O)c4c3)CC2)c1. The molecule has 0 bridgehead atoms. The first kappa shape index (κ1) is 18.5. The summed E-state index contributed by atoms with van der Waals surface area (Å²) in [5.74, 6) is 0.762. The molecule has 1 fully saturated rings. The molecule has 1 aromatic carbocycles. The van der Waals surface area contributed by atoms with Crippen LogP contribution in [0.4, 0.5) is 0 Å². The molecule has 3 aromatic rings. The Morgan fingerprint density at radius 3 is 2.32 bits per heavy atom. The van der Waals surface area contributed by atoms with Crippen molar-refractivity contribution in [2.45, 2.75) is 51.4 Å². The molecule has 1 saturated carbocycles. The molecule has 2 aromatic heterocycles. The molecule has 0 radical (unpaired) electrons. The molecule has 0 unspecified atom stereocenters. The van der Waals surface area contributed by atoms with E-state index >= 15 is 0 Å². The van der Waals surface area contributed by atoms with Gasteiger partial charge in [-0.1, -0.05) is 29.3 Å². The van der Waals surface area contributed by atoms with Crippen LogP contribution in [0.15, 0.2) is 42.7 Å². The number of hydrogen-bond donors (Lipinski definition) is 2. The van der Waals surface area contributed by atoms with Crippen molar-refractivity contribution in [3.05, 3.63) is 70.6 Å². The smallest absolute Gasteiger partial charge is 0.241 e. The van der Waals surface area contributed by atoms with Gasteiger partial charge >= 0.3 is 0 Å². The second kappa shape index (κ2) is 7.63. The number of nitrogens with zero attached hydrogens (tertiary/aromatic N) is 1. The fraction of sp³-hybridized carbons (Fsp3) is 0.333. The highest BCUT2D eigenvalue weighted by Gasteiger charge is 2.24. The summed E-state index contributed by atoms with van der Waals surface area (Å²) < 4.78 is 0. The molecule has 144 valence electrons. The molecule has 0 atom stereocenters. The number of rotatable bonds is 4. The molecule has 1 aliphatic carbocycles. The van der Waals surface area contributed by atoms with Gasteiger partial charge in [0.1, 0.15) is 5.65 Å². The van der Waals surface area contributed by atoms with E-state index in [-0.39, 0.29) is 0 Å². The molecule has 2 heterocycles. The number of amides is 1. The summed E-state index contributed by atoms with van der Waals surface area (Å²) in [4.78, 5) is 18.8. The van der Waals surface area contributed by atoms with Gasteiger partial charge in [-0.25, -0.2) is 4.98 Å². The Balaban J connectivity index is 1.52. The Kier molecular flexibility index (Phi) is 5.03. The second-order valence-corrected chi connectivity index (χ2v) is 8.11. The van der Waals surface area contributed by atoms with Crippen molar-refractivity contribution in [1.82, 2.24) is 9.97 Å². The van der Waals surface area contributed by atoms with E-state index in [0.717, 1.165) is 16.6 Å². The summed E-state index contributed by atoms with van der Waals surface area (Å²) in [5, 5.41) is 1.05. The highest BCUT2D eigenvalue weighted by atomic mass is 16.1. The Bertz CT molecular complexity index is 1020. The lowest BCUT2D eigenvalue weighted by Gasteiger charge is -2.29. The maximum Gasteiger partial charge on any atom is 0.241 e. The quantitative estimate of drug-likeness (QED) is 0.623. The number of carbonyl (C=O) groups excluding carboxylic acids is 1. The highest BCUT2D eigenvalue weighted by molar-refractivity contribution is 5.94. The minimum absolute atomic E-state index is 0.442. The number of aromatic nitrogens is 2. The fourth-order valence-corrected chi connectivity index (χ4v) is 4.58. The van der Waals surface area contributed by atoms with Gasteiger partial charge in [-0.2, -0.15) is 0 Å². The molecule has 1 amide bonds. The number of primary amides is 1. The first-order valence-corrected chi connectivity index (χ1v) is 10.0. The van der Waals surface area contributed by atoms with E-state index in [1.807, 2.05) is 12.4 Å². The largest absolute Gasteiger partial charge is 0.366 e. The van der Waals surface area contributed by atoms with E-state index in [0.29, 0.717) is 11.8 Å². The standard InChI is InChI=1S/C24H27N3O/c1-15-9-16(2)11-20(10-15)17-3-5-18(6-4-17)21-12-22-19(7-8-23(25)28)13-26-24(22)27-14-21/h7-14,17-18H,3-6H2,1-2H3,(H2,25,28)(H,26,27)/b8-7+. The van der Waals surface area contributed by atoms with E-state index in [1.165, 1.54) is 54.0 Å². The third kappa shape index (κ3) is 3.86. The number of benzene rings is 1. The van der Waals surface area contributed by atoms with Crippen LogP contribution in [0, 0.1) is 13.8 Å². The molecule has 0 aliphatic heterocycles. The molecule has 1 aliphatic rings. The summed E-state index contributed by atoms with van der Waals surface area (Å²) >= 11 is 0. The molecular formula is C24H27N3O. The number of carbonyl (C=O) groups is 1. The number of pyridine rings is 1. The van der Waals surface area contributed by atoms with Crippen molar-refractivity contribution in [1.29, 1.82) is 0 Å². The van der Waals surface area contributed by atoms with Crippen LogP contribution < -0.4 is 5.73 Å².